The van der Waals surface area contributed by atoms with Gasteiger partial charge in [-0.25, -0.2) is 4.39 Å². The van der Waals surface area contributed by atoms with Crippen LogP contribution >= 0.6 is 11.6 Å². The lowest BCUT2D eigenvalue weighted by Crippen LogP contribution is -2.26. The Labute approximate surface area is 114 Å². The maximum Gasteiger partial charge on any atom is 0.141 e. The van der Waals surface area contributed by atoms with Crippen molar-refractivity contribution in [3.05, 3.63) is 34.6 Å². The van der Waals surface area contributed by atoms with Crippen LogP contribution in [0.5, 0.6) is 0 Å². The molecule has 0 aliphatic heterocycles. The fourth-order valence-corrected chi connectivity index (χ4v) is 3.14. The average Bonchev–Trinajstić information content (AvgIpc) is 2.41. The Hall–Kier alpha value is -0.600. The highest BCUT2D eigenvalue weighted by atomic mass is 35.5. The van der Waals surface area contributed by atoms with Crippen LogP contribution in [-0.2, 0) is 0 Å². The van der Waals surface area contributed by atoms with Crippen molar-refractivity contribution in [3.8, 4) is 0 Å². The van der Waals surface area contributed by atoms with E-state index in [9.17, 15) is 4.39 Å². The third-order valence-electron chi connectivity index (χ3n) is 4.31. The van der Waals surface area contributed by atoms with Gasteiger partial charge in [0.1, 0.15) is 5.82 Å². The van der Waals surface area contributed by atoms with E-state index in [1.165, 1.54) is 38.2 Å². The molecule has 1 unspecified atom stereocenters. The largest absolute Gasteiger partial charge is 0.324 e. The van der Waals surface area contributed by atoms with Crippen LogP contribution in [0.2, 0.25) is 5.02 Å². The molecule has 1 nitrogen and oxygen atoms in total. The quantitative estimate of drug-likeness (QED) is 0.846. The second-order valence-electron chi connectivity index (χ2n) is 5.39. The Bertz CT molecular complexity index is 399. The van der Waals surface area contributed by atoms with Gasteiger partial charge in [0.25, 0.3) is 0 Å². The molecule has 1 saturated carbocycles. The molecule has 2 rings (SSSR count). The van der Waals surface area contributed by atoms with E-state index in [-0.39, 0.29) is 16.9 Å². The van der Waals surface area contributed by atoms with E-state index in [0.717, 1.165) is 11.5 Å². The average molecular weight is 270 g/mol. The summed E-state index contributed by atoms with van der Waals surface area (Å²) in [5.41, 5.74) is 7.25. The topological polar surface area (TPSA) is 26.0 Å². The zero-order chi connectivity index (χ0) is 13.1. The van der Waals surface area contributed by atoms with Gasteiger partial charge in [-0.15, -0.1) is 0 Å². The number of halogens is 2. The van der Waals surface area contributed by atoms with Crippen LogP contribution in [-0.4, -0.2) is 0 Å². The normalized spacial score (nSPS) is 26.0. The molecule has 1 aliphatic rings. The molecular weight excluding hydrogens is 249 g/mol. The molecule has 0 radical (unpaired) electrons. The van der Waals surface area contributed by atoms with E-state index in [2.05, 4.69) is 6.92 Å². The highest BCUT2D eigenvalue weighted by Gasteiger charge is 2.25. The van der Waals surface area contributed by atoms with Gasteiger partial charge in [0.05, 0.1) is 5.02 Å². The fraction of sp³-hybridized carbons (Fsp3) is 0.600. The number of hydrogen-bond donors (Lipinski definition) is 1. The van der Waals surface area contributed by atoms with Crippen molar-refractivity contribution in [1.82, 2.24) is 0 Å². The summed E-state index contributed by atoms with van der Waals surface area (Å²) in [4.78, 5) is 0. The predicted molar refractivity (Wildman–Crippen MR) is 74.1 cm³/mol. The van der Waals surface area contributed by atoms with Crippen molar-refractivity contribution >= 4 is 11.6 Å². The first-order valence-electron chi connectivity index (χ1n) is 6.82. The van der Waals surface area contributed by atoms with Gasteiger partial charge in [0.2, 0.25) is 0 Å². The first kappa shape index (κ1) is 13.8. The number of hydrogen-bond acceptors (Lipinski definition) is 1. The minimum absolute atomic E-state index is 0.0130. The van der Waals surface area contributed by atoms with Crippen LogP contribution in [0.1, 0.15) is 50.6 Å². The summed E-state index contributed by atoms with van der Waals surface area (Å²) in [7, 11) is 0. The fourth-order valence-electron chi connectivity index (χ4n) is 2.95. The zero-order valence-electron chi connectivity index (χ0n) is 10.8. The molecule has 1 fully saturated rings. The summed E-state index contributed by atoms with van der Waals surface area (Å²) in [6, 6.07) is 4.83. The van der Waals surface area contributed by atoms with Gasteiger partial charge in [0, 0.05) is 6.04 Å². The molecule has 0 heterocycles. The maximum absolute atomic E-state index is 13.1. The molecule has 0 spiro atoms. The first-order valence-corrected chi connectivity index (χ1v) is 7.20. The number of nitrogens with two attached hydrogens (primary N) is 1. The second kappa shape index (κ2) is 6.03. The van der Waals surface area contributed by atoms with E-state index < -0.39 is 0 Å². The molecule has 18 heavy (non-hydrogen) atoms. The molecule has 1 aliphatic carbocycles. The summed E-state index contributed by atoms with van der Waals surface area (Å²) in [5.74, 6) is 1.00. The van der Waals surface area contributed by atoms with E-state index in [4.69, 9.17) is 17.3 Å². The monoisotopic (exact) mass is 269 g/mol. The van der Waals surface area contributed by atoms with Crippen LogP contribution < -0.4 is 5.73 Å². The van der Waals surface area contributed by atoms with Gasteiger partial charge in [-0.1, -0.05) is 43.9 Å². The molecule has 0 aromatic heterocycles. The lowest BCUT2D eigenvalue weighted by molar-refractivity contribution is 0.240. The van der Waals surface area contributed by atoms with Crippen LogP contribution in [0.3, 0.4) is 0 Å². The van der Waals surface area contributed by atoms with Crippen molar-refractivity contribution in [2.75, 3.05) is 0 Å². The van der Waals surface area contributed by atoms with E-state index in [1.54, 1.807) is 12.1 Å². The lowest BCUT2D eigenvalue weighted by atomic mass is 9.76. The number of benzene rings is 1. The summed E-state index contributed by atoms with van der Waals surface area (Å²) in [6.07, 6.45) is 6.15. The van der Waals surface area contributed by atoms with Crippen molar-refractivity contribution in [2.45, 2.75) is 45.1 Å². The predicted octanol–water partition coefficient (Wildman–Crippen LogP) is 4.70. The summed E-state index contributed by atoms with van der Waals surface area (Å²) in [6.45, 7) is 2.25. The number of rotatable bonds is 3. The van der Waals surface area contributed by atoms with Gasteiger partial charge in [0.15, 0.2) is 0 Å². The highest BCUT2D eigenvalue weighted by molar-refractivity contribution is 6.30. The van der Waals surface area contributed by atoms with Gasteiger partial charge in [-0.3, -0.25) is 0 Å². The third-order valence-corrected chi connectivity index (χ3v) is 4.59. The lowest BCUT2D eigenvalue weighted by Gasteiger charge is -2.32. The summed E-state index contributed by atoms with van der Waals surface area (Å²) >= 11 is 5.81. The maximum atomic E-state index is 13.1. The SMILES string of the molecule is CCC1CCC(C(N)c2ccc(F)c(Cl)c2)CC1. The molecule has 0 amide bonds. The van der Waals surface area contributed by atoms with E-state index in [0.29, 0.717) is 5.92 Å². The smallest absolute Gasteiger partial charge is 0.141 e. The van der Waals surface area contributed by atoms with Crippen LogP contribution in [0.4, 0.5) is 4.39 Å². The molecule has 0 saturated heterocycles. The van der Waals surface area contributed by atoms with Crippen LogP contribution in [0.15, 0.2) is 18.2 Å². The Kier molecular flexibility index (Phi) is 4.63. The van der Waals surface area contributed by atoms with Crippen molar-refractivity contribution < 1.29 is 4.39 Å². The first-order chi connectivity index (χ1) is 8.61. The molecule has 2 N–H and O–H groups in total. The van der Waals surface area contributed by atoms with Crippen LogP contribution in [0, 0.1) is 17.7 Å². The van der Waals surface area contributed by atoms with E-state index in [1.807, 2.05) is 0 Å². The molecular formula is C15H21ClFN. The third kappa shape index (κ3) is 3.04. The Morgan fingerprint density at radius 2 is 2.00 bits per heavy atom. The van der Waals surface area contributed by atoms with Gasteiger partial charge < -0.3 is 5.73 Å². The molecule has 3 heteroatoms. The second-order valence-corrected chi connectivity index (χ2v) is 5.80. The Morgan fingerprint density at radius 1 is 1.33 bits per heavy atom. The van der Waals surface area contributed by atoms with E-state index >= 15 is 0 Å². The van der Waals surface area contributed by atoms with Crippen molar-refractivity contribution in [2.24, 2.45) is 17.6 Å². The molecule has 1 atom stereocenters. The van der Waals surface area contributed by atoms with Gasteiger partial charge in [-0.2, -0.15) is 0 Å². The van der Waals surface area contributed by atoms with Crippen molar-refractivity contribution in [3.63, 3.8) is 0 Å². The summed E-state index contributed by atoms with van der Waals surface area (Å²) < 4.78 is 13.1. The zero-order valence-corrected chi connectivity index (χ0v) is 11.6. The highest BCUT2D eigenvalue weighted by Crippen LogP contribution is 2.37. The van der Waals surface area contributed by atoms with Gasteiger partial charge in [-0.05, 0) is 42.4 Å². The Morgan fingerprint density at radius 3 is 2.56 bits per heavy atom. The van der Waals surface area contributed by atoms with Crippen LogP contribution in [0.25, 0.3) is 0 Å². The standard InChI is InChI=1S/C15H21ClFN/c1-2-10-3-5-11(6-4-10)15(18)12-7-8-14(17)13(16)9-12/h7-11,15H,2-6,18H2,1H3. The molecule has 0 bridgehead atoms. The molecule has 1 aromatic carbocycles. The molecule has 1 aromatic rings. The molecule has 100 valence electrons. The van der Waals surface area contributed by atoms with Gasteiger partial charge >= 0.3 is 0 Å². The minimum atomic E-state index is -0.373. The van der Waals surface area contributed by atoms with Crippen molar-refractivity contribution in [1.29, 1.82) is 0 Å². The Balaban J connectivity index is 2.03. The summed E-state index contributed by atoms with van der Waals surface area (Å²) in [5, 5.41) is 0.171. The minimum Gasteiger partial charge on any atom is -0.324 e.